The number of nitrogens with one attached hydrogen (secondary N) is 2. The smallest absolute Gasteiger partial charge is 0.408 e. The van der Waals surface area contributed by atoms with Gasteiger partial charge >= 0.3 is 12.2 Å². The number of urea groups is 1. The van der Waals surface area contributed by atoms with Gasteiger partial charge in [0.15, 0.2) is 11.6 Å². The van der Waals surface area contributed by atoms with Gasteiger partial charge in [-0.1, -0.05) is 0 Å². The summed E-state index contributed by atoms with van der Waals surface area (Å²) in [6.45, 7) is 7.89. The van der Waals surface area contributed by atoms with Gasteiger partial charge in [0.05, 0.1) is 18.3 Å². The minimum absolute atomic E-state index is 0.150. The standard InChI is InChI=1S/C25H30F3N7O5/c1-13-19-21(33-20(30-13)22(36)31-14(2)25(26,27)28)35(15-6-8-34(19)10-15)23(37)32-18-9-16(5-7-29-18)38-11-17-12-39-24(3,4)40-17/h5,7,9,14-15,17H,6,8,10-12H2,1-4H3,(H,31,36)(H,29,32,37)/t14-,15?,17+/m1/s1. The highest BCUT2D eigenvalue weighted by Gasteiger charge is 2.43. The molecule has 15 heteroatoms. The third-order valence-electron chi connectivity index (χ3n) is 6.84. The first-order chi connectivity index (χ1) is 18.8. The van der Waals surface area contributed by atoms with Gasteiger partial charge in [0.1, 0.15) is 36.0 Å². The minimum Gasteiger partial charge on any atom is -0.491 e. The third kappa shape index (κ3) is 5.75. The zero-order chi connectivity index (χ0) is 28.8. The third-order valence-corrected chi connectivity index (χ3v) is 6.84. The fourth-order valence-corrected chi connectivity index (χ4v) is 4.90. The fourth-order valence-electron chi connectivity index (χ4n) is 4.90. The van der Waals surface area contributed by atoms with Gasteiger partial charge in [-0.15, -0.1) is 0 Å². The van der Waals surface area contributed by atoms with Gasteiger partial charge in [-0.25, -0.2) is 19.7 Å². The second-order valence-electron chi connectivity index (χ2n) is 10.4. The quantitative estimate of drug-likeness (QED) is 0.543. The molecule has 2 saturated heterocycles. The van der Waals surface area contributed by atoms with Crippen LogP contribution in [0.1, 0.15) is 43.5 Å². The molecule has 0 spiro atoms. The highest BCUT2D eigenvalue weighted by molar-refractivity contribution is 6.05. The maximum atomic E-state index is 13.5. The number of aryl methyl sites for hydroxylation is 1. The predicted molar refractivity (Wildman–Crippen MR) is 137 cm³/mol. The minimum atomic E-state index is -4.63. The van der Waals surface area contributed by atoms with Crippen LogP contribution in [0.15, 0.2) is 18.3 Å². The summed E-state index contributed by atoms with van der Waals surface area (Å²) in [7, 11) is 0. The zero-order valence-electron chi connectivity index (χ0n) is 22.4. The number of anilines is 3. The monoisotopic (exact) mass is 565 g/mol. The normalized spacial score (nSPS) is 22.1. The number of carbonyl (C=O) groups is 2. The van der Waals surface area contributed by atoms with Crippen LogP contribution >= 0.6 is 0 Å². The molecule has 1 unspecified atom stereocenters. The fraction of sp³-hybridized carbons (Fsp3) is 0.560. The highest BCUT2D eigenvalue weighted by atomic mass is 19.4. The molecule has 0 radical (unpaired) electrons. The molecule has 12 nitrogen and oxygen atoms in total. The van der Waals surface area contributed by atoms with Crippen LogP contribution in [0, 0.1) is 6.92 Å². The van der Waals surface area contributed by atoms with Crippen molar-refractivity contribution in [2.75, 3.05) is 41.4 Å². The van der Waals surface area contributed by atoms with Crippen LogP contribution in [0.3, 0.4) is 0 Å². The lowest BCUT2D eigenvalue weighted by molar-refractivity contribution is -0.149. The number of amides is 3. The Morgan fingerprint density at radius 3 is 2.77 bits per heavy atom. The SMILES string of the molecule is Cc1nc(C(=O)N[C@H](C)C(F)(F)F)nc2c1N1CCC(C1)N2C(=O)Nc1cc(OC[C@H]2COC(C)(C)O2)ccn1. The van der Waals surface area contributed by atoms with E-state index in [2.05, 4.69) is 20.3 Å². The lowest BCUT2D eigenvalue weighted by Crippen LogP contribution is -2.49. The molecule has 3 aliphatic heterocycles. The van der Waals surface area contributed by atoms with Crippen LogP contribution in [0.5, 0.6) is 5.75 Å². The Balaban J connectivity index is 1.34. The summed E-state index contributed by atoms with van der Waals surface area (Å²) in [6.07, 6.45) is -2.76. The maximum absolute atomic E-state index is 13.5. The van der Waals surface area contributed by atoms with E-state index < -0.39 is 35.8 Å². The van der Waals surface area contributed by atoms with Crippen molar-refractivity contribution in [2.45, 2.75) is 64.3 Å². The molecule has 3 aliphatic rings. The van der Waals surface area contributed by atoms with E-state index in [0.717, 1.165) is 6.92 Å². The average Bonchev–Trinajstić information content (AvgIpc) is 3.44. The number of alkyl halides is 3. The van der Waals surface area contributed by atoms with E-state index in [1.54, 1.807) is 19.1 Å². The second-order valence-corrected chi connectivity index (χ2v) is 10.4. The van der Waals surface area contributed by atoms with Gasteiger partial charge < -0.3 is 24.4 Å². The number of pyridine rings is 1. The Morgan fingerprint density at radius 1 is 1.30 bits per heavy atom. The van der Waals surface area contributed by atoms with Gasteiger partial charge in [0.2, 0.25) is 5.82 Å². The molecule has 0 aromatic carbocycles. The van der Waals surface area contributed by atoms with Crippen molar-refractivity contribution in [3.63, 3.8) is 0 Å². The van der Waals surface area contributed by atoms with Crippen LogP contribution in [0.4, 0.5) is 35.3 Å². The predicted octanol–water partition coefficient (Wildman–Crippen LogP) is 3.02. The zero-order valence-corrected chi connectivity index (χ0v) is 22.4. The number of rotatable bonds is 6. The molecule has 5 rings (SSSR count). The highest BCUT2D eigenvalue weighted by Crippen LogP contribution is 2.40. The van der Waals surface area contributed by atoms with E-state index in [-0.39, 0.29) is 30.4 Å². The number of hydrogen-bond donors (Lipinski definition) is 2. The Kier molecular flexibility index (Phi) is 7.20. The van der Waals surface area contributed by atoms with Gasteiger partial charge in [-0.2, -0.15) is 13.2 Å². The van der Waals surface area contributed by atoms with Gasteiger partial charge in [0, 0.05) is 25.4 Å². The van der Waals surface area contributed by atoms with Crippen LogP contribution in [0.2, 0.25) is 0 Å². The first-order valence-electron chi connectivity index (χ1n) is 12.8. The van der Waals surface area contributed by atoms with Gasteiger partial charge in [-0.05, 0) is 40.2 Å². The van der Waals surface area contributed by atoms with E-state index >= 15 is 0 Å². The molecule has 5 heterocycles. The van der Waals surface area contributed by atoms with Crippen molar-refractivity contribution in [3.05, 3.63) is 29.8 Å². The van der Waals surface area contributed by atoms with Crippen LogP contribution in [-0.4, -0.2) is 83.3 Å². The number of halogens is 3. The molecule has 2 aromatic heterocycles. The largest absolute Gasteiger partial charge is 0.491 e. The number of aromatic nitrogens is 3. The second kappa shape index (κ2) is 10.4. The lowest BCUT2D eigenvalue weighted by Gasteiger charge is -2.36. The van der Waals surface area contributed by atoms with Crippen molar-refractivity contribution in [1.29, 1.82) is 0 Å². The van der Waals surface area contributed by atoms with Crippen molar-refractivity contribution < 1.29 is 37.0 Å². The van der Waals surface area contributed by atoms with Gasteiger partial charge in [-0.3, -0.25) is 15.0 Å². The van der Waals surface area contributed by atoms with Crippen molar-refractivity contribution >= 4 is 29.3 Å². The Morgan fingerprint density at radius 2 is 2.08 bits per heavy atom. The number of fused-ring (bicyclic) bond motifs is 4. The Labute approximate surface area is 228 Å². The number of hydrogen-bond acceptors (Lipinski definition) is 9. The Bertz CT molecular complexity index is 1310. The number of nitrogens with zero attached hydrogens (tertiary/aromatic N) is 5. The molecular formula is C25H30F3N7O5. The molecular weight excluding hydrogens is 535 g/mol. The van der Waals surface area contributed by atoms with E-state index in [4.69, 9.17) is 14.2 Å². The summed E-state index contributed by atoms with van der Waals surface area (Å²) in [4.78, 5) is 42.2. The first kappa shape index (κ1) is 27.8. The van der Waals surface area contributed by atoms with Crippen molar-refractivity contribution in [2.24, 2.45) is 0 Å². The first-order valence-corrected chi connectivity index (χ1v) is 12.8. The molecule has 2 fully saturated rings. The van der Waals surface area contributed by atoms with E-state index in [1.165, 1.54) is 11.1 Å². The average molecular weight is 566 g/mol. The molecule has 40 heavy (non-hydrogen) atoms. The Hall–Kier alpha value is -3.72. The summed E-state index contributed by atoms with van der Waals surface area (Å²) in [6, 6.07) is 0.284. The molecule has 0 aliphatic carbocycles. The van der Waals surface area contributed by atoms with E-state index in [9.17, 15) is 22.8 Å². The van der Waals surface area contributed by atoms with Crippen LogP contribution < -0.4 is 25.2 Å². The van der Waals surface area contributed by atoms with Crippen molar-refractivity contribution in [1.82, 2.24) is 20.3 Å². The maximum Gasteiger partial charge on any atom is 0.408 e. The summed E-state index contributed by atoms with van der Waals surface area (Å²) in [5.41, 5.74) is 0.929. The number of ether oxygens (including phenoxy) is 3. The topological polar surface area (TPSA) is 131 Å². The lowest BCUT2D eigenvalue weighted by atomic mass is 10.1. The van der Waals surface area contributed by atoms with Crippen LogP contribution in [-0.2, 0) is 9.47 Å². The van der Waals surface area contributed by atoms with E-state index in [0.29, 0.717) is 43.2 Å². The molecule has 2 aromatic rings. The summed E-state index contributed by atoms with van der Waals surface area (Å²) < 4.78 is 56.1. The molecule has 216 valence electrons. The van der Waals surface area contributed by atoms with E-state index in [1.807, 2.05) is 24.1 Å². The van der Waals surface area contributed by atoms with Gasteiger partial charge in [0.25, 0.3) is 5.91 Å². The molecule has 2 N–H and O–H groups in total. The summed E-state index contributed by atoms with van der Waals surface area (Å²) >= 11 is 0. The molecule has 3 atom stereocenters. The summed E-state index contributed by atoms with van der Waals surface area (Å²) in [5.74, 6) is -1.39. The number of carbonyl (C=O) groups excluding carboxylic acids is 2. The van der Waals surface area contributed by atoms with Crippen molar-refractivity contribution in [3.8, 4) is 5.75 Å². The molecule has 2 bridgehead atoms. The summed E-state index contributed by atoms with van der Waals surface area (Å²) in [5, 5.41) is 4.62. The van der Waals surface area contributed by atoms with Crippen LogP contribution in [0.25, 0.3) is 0 Å². The molecule has 3 amide bonds. The molecule has 0 saturated carbocycles.